The Bertz CT molecular complexity index is 456. The van der Waals surface area contributed by atoms with Gasteiger partial charge in [0.15, 0.2) is 0 Å². The van der Waals surface area contributed by atoms with Crippen LogP contribution in [0.2, 0.25) is 0 Å². The number of aryl methyl sites for hydroxylation is 1. The van der Waals surface area contributed by atoms with Gasteiger partial charge in [-0.15, -0.1) is 0 Å². The first-order valence-electron chi connectivity index (χ1n) is 8.48. The topological polar surface area (TPSA) is 28.2 Å². The van der Waals surface area contributed by atoms with Crippen molar-refractivity contribution in [1.82, 2.24) is 15.2 Å². The third-order valence-corrected chi connectivity index (χ3v) is 5.59. The summed E-state index contributed by atoms with van der Waals surface area (Å²) in [6.45, 7) is 11.5. The molecule has 3 heteroatoms. The summed E-state index contributed by atoms with van der Waals surface area (Å²) in [5.41, 5.74) is 2.94. The molecule has 1 heterocycles. The van der Waals surface area contributed by atoms with Crippen LogP contribution in [0, 0.1) is 0 Å². The summed E-state index contributed by atoms with van der Waals surface area (Å²) < 4.78 is 0. The zero-order chi connectivity index (χ0) is 15.5. The van der Waals surface area contributed by atoms with Crippen molar-refractivity contribution in [2.24, 2.45) is 0 Å². The Labute approximate surface area is 130 Å². The number of hydrogen-bond acceptors (Lipinski definition) is 3. The lowest BCUT2D eigenvalue weighted by molar-refractivity contribution is 0.0616. The molecule has 0 radical (unpaired) electrons. The third kappa shape index (κ3) is 2.86. The maximum atomic E-state index is 4.71. The lowest BCUT2D eigenvalue weighted by atomic mass is 9.78. The fraction of sp³-hybridized carbons (Fsp3) is 0.722. The molecule has 21 heavy (non-hydrogen) atoms. The Morgan fingerprint density at radius 1 is 1.38 bits per heavy atom. The van der Waals surface area contributed by atoms with E-state index in [-0.39, 0.29) is 5.54 Å². The van der Waals surface area contributed by atoms with Crippen LogP contribution in [0.5, 0.6) is 0 Å². The maximum Gasteiger partial charge on any atom is 0.0482 e. The number of nitrogens with one attached hydrogen (secondary N) is 1. The van der Waals surface area contributed by atoms with Crippen LogP contribution in [0.1, 0.15) is 57.7 Å². The van der Waals surface area contributed by atoms with Crippen LogP contribution in [0.3, 0.4) is 0 Å². The summed E-state index contributed by atoms with van der Waals surface area (Å²) in [6, 6.07) is 4.76. The molecule has 0 saturated heterocycles. The second-order valence-electron chi connectivity index (χ2n) is 6.34. The van der Waals surface area contributed by atoms with Crippen LogP contribution < -0.4 is 5.32 Å². The second-order valence-corrected chi connectivity index (χ2v) is 6.34. The van der Waals surface area contributed by atoms with Crippen LogP contribution >= 0.6 is 0 Å². The van der Waals surface area contributed by atoms with E-state index in [9.17, 15) is 0 Å². The number of likely N-dealkylation sites (N-methyl/N-ethyl adjacent to an activating group) is 2. The number of pyridine rings is 1. The highest BCUT2D eigenvalue weighted by Gasteiger charge is 2.43. The minimum atomic E-state index is 0.169. The highest BCUT2D eigenvalue weighted by atomic mass is 15.2. The van der Waals surface area contributed by atoms with E-state index in [0.717, 1.165) is 19.5 Å². The van der Waals surface area contributed by atoms with E-state index >= 15 is 0 Å². The van der Waals surface area contributed by atoms with Gasteiger partial charge in [-0.3, -0.25) is 9.88 Å². The highest BCUT2D eigenvalue weighted by Crippen LogP contribution is 2.40. The molecule has 1 aliphatic carbocycles. The molecule has 1 N–H and O–H groups in total. The average molecular weight is 289 g/mol. The molecule has 0 aromatic carbocycles. The predicted octanol–water partition coefficient (Wildman–Crippen LogP) is 3.21. The number of hydrogen-bond donors (Lipinski definition) is 1. The Hall–Kier alpha value is -0.930. The lowest BCUT2D eigenvalue weighted by Crippen LogP contribution is -2.60. The molecule has 0 bridgehead atoms. The molecule has 3 unspecified atom stereocenters. The number of nitrogens with zero attached hydrogens (tertiary/aromatic N) is 2. The van der Waals surface area contributed by atoms with Crippen molar-refractivity contribution >= 4 is 0 Å². The highest BCUT2D eigenvalue weighted by molar-refractivity contribution is 5.31. The molecule has 3 atom stereocenters. The van der Waals surface area contributed by atoms with Gasteiger partial charge in [-0.05, 0) is 58.0 Å². The fourth-order valence-electron chi connectivity index (χ4n) is 4.30. The first-order chi connectivity index (χ1) is 10.1. The monoisotopic (exact) mass is 289 g/mol. The van der Waals surface area contributed by atoms with Crippen molar-refractivity contribution in [3.63, 3.8) is 0 Å². The summed E-state index contributed by atoms with van der Waals surface area (Å²) in [5.74, 6) is 0.525. The molecule has 0 spiro atoms. The smallest absolute Gasteiger partial charge is 0.0482 e. The summed E-state index contributed by atoms with van der Waals surface area (Å²) in [5, 5.41) is 3.64. The van der Waals surface area contributed by atoms with Gasteiger partial charge in [0.2, 0.25) is 0 Å². The largest absolute Gasteiger partial charge is 0.315 e. The van der Waals surface area contributed by atoms with E-state index in [1.807, 2.05) is 6.20 Å². The van der Waals surface area contributed by atoms with Crippen LogP contribution in [0.15, 0.2) is 18.3 Å². The molecule has 3 nitrogen and oxygen atoms in total. The van der Waals surface area contributed by atoms with Crippen LogP contribution in [0.4, 0.5) is 0 Å². The van der Waals surface area contributed by atoms with E-state index < -0.39 is 0 Å². The zero-order valence-corrected chi connectivity index (χ0v) is 14.3. The van der Waals surface area contributed by atoms with E-state index in [1.54, 1.807) is 0 Å². The second kappa shape index (κ2) is 6.89. The summed E-state index contributed by atoms with van der Waals surface area (Å²) in [6.07, 6.45) is 5.49. The van der Waals surface area contributed by atoms with Crippen molar-refractivity contribution < 1.29 is 0 Å². The molecular weight excluding hydrogens is 258 g/mol. The minimum Gasteiger partial charge on any atom is -0.315 e. The van der Waals surface area contributed by atoms with Gasteiger partial charge in [0, 0.05) is 29.4 Å². The van der Waals surface area contributed by atoms with Crippen molar-refractivity contribution in [3.8, 4) is 0 Å². The van der Waals surface area contributed by atoms with Gasteiger partial charge >= 0.3 is 0 Å². The van der Waals surface area contributed by atoms with Gasteiger partial charge in [0.25, 0.3) is 0 Å². The standard InChI is InChI=1S/C18H31N3/c1-6-18(4,21(7-2)8-3)17(19-5)15-12-11-14-10-9-13-20-16(14)15/h9-10,13,15,17,19H,6-8,11-12H2,1-5H3. The van der Waals surface area contributed by atoms with E-state index in [0.29, 0.717) is 12.0 Å². The van der Waals surface area contributed by atoms with Gasteiger partial charge < -0.3 is 5.32 Å². The predicted molar refractivity (Wildman–Crippen MR) is 89.8 cm³/mol. The summed E-state index contributed by atoms with van der Waals surface area (Å²) in [7, 11) is 2.11. The SMILES string of the molecule is CCN(CC)C(C)(CC)C(NC)C1CCc2cccnc21. The average Bonchev–Trinajstić information content (AvgIpc) is 2.93. The molecule has 0 fully saturated rings. The van der Waals surface area contributed by atoms with E-state index in [4.69, 9.17) is 4.98 Å². The molecule has 1 aromatic rings. The first kappa shape index (κ1) is 16.4. The molecule has 0 aliphatic heterocycles. The Morgan fingerprint density at radius 3 is 2.67 bits per heavy atom. The Balaban J connectivity index is 2.35. The van der Waals surface area contributed by atoms with Crippen LogP contribution in [0.25, 0.3) is 0 Å². The molecule has 0 amide bonds. The first-order valence-corrected chi connectivity index (χ1v) is 8.48. The zero-order valence-electron chi connectivity index (χ0n) is 14.3. The van der Waals surface area contributed by atoms with Gasteiger partial charge in [0.1, 0.15) is 0 Å². The van der Waals surface area contributed by atoms with Crippen molar-refractivity contribution in [2.45, 2.75) is 64.5 Å². The summed E-state index contributed by atoms with van der Waals surface area (Å²) >= 11 is 0. The Morgan fingerprint density at radius 2 is 2.10 bits per heavy atom. The van der Waals surface area contributed by atoms with Crippen molar-refractivity contribution in [3.05, 3.63) is 29.6 Å². The number of fused-ring (bicyclic) bond motifs is 1. The van der Waals surface area contributed by atoms with Gasteiger partial charge in [-0.2, -0.15) is 0 Å². The summed E-state index contributed by atoms with van der Waals surface area (Å²) in [4.78, 5) is 7.32. The quantitative estimate of drug-likeness (QED) is 0.835. The van der Waals surface area contributed by atoms with Gasteiger partial charge in [0.05, 0.1) is 0 Å². The number of rotatable bonds is 7. The van der Waals surface area contributed by atoms with Crippen LogP contribution in [-0.4, -0.2) is 41.6 Å². The molecule has 1 aliphatic rings. The Kier molecular flexibility index (Phi) is 5.39. The van der Waals surface area contributed by atoms with Crippen molar-refractivity contribution in [2.75, 3.05) is 20.1 Å². The van der Waals surface area contributed by atoms with Gasteiger partial charge in [-0.25, -0.2) is 0 Å². The number of aromatic nitrogens is 1. The fourth-order valence-corrected chi connectivity index (χ4v) is 4.30. The molecule has 2 rings (SSSR count). The van der Waals surface area contributed by atoms with Crippen molar-refractivity contribution in [1.29, 1.82) is 0 Å². The minimum absolute atomic E-state index is 0.169. The van der Waals surface area contributed by atoms with E-state index in [1.165, 1.54) is 24.1 Å². The molecular formula is C18H31N3. The normalized spacial score (nSPS) is 22.1. The maximum absolute atomic E-state index is 4.71. The lowest BCUT2D eigenvalue weighted by Gasteiger charge is -2.48. The van der Waals surface area contributed by atoms with E-state index in [2.05, 4.69) is 57.1 Å². The third-order valence-electron chi connectivity index (χ3n) is 5.59. The molecule has 118 valence electrons. The molecule has 1 aromatic heterocycles. The molecule has 0 saturated carbocycles. The van der Waals surface area contributed by atoms with Gasteiger partial charge in [-0.1, -0.05) is 26.8 Å². The van der Waals surface area contributed by atoms with Crippen LogP contribution in [-0.2, 0) is 6.42 Å².